The van der Waals surface area contributed by atoms with Gasteiger partial charge in [0.05, 0.1) is 11.6 Å². The van der Waals surface area contributed by atoms with Crippen LogP contribution in [0.25, 0.3) is 11.5 Å². The summed E-state index contributed by atoms with van der Waals surface area (Å²) < 4.78 is 5.61. The third-order valence-corrected chi connectivity index (χ3v) is 5.06. The Labute approximate surface area is 176 Å². The molecular formula is C26H24N2O2. The van der Waals surface area contributed by atoms with Gasteiger partial charge in [0, 0.05) is 18.5 Å². The summed E-state index contributed by atoms with van der Waals surface area (Å²) in [4.78, 5) is 17.6. The molecule has 150 valence electrons. The van der Waals surface area contributed by atoms with Gasteiger partial charge in [0.25, 0.3) is 0 Å². The van der Waals surface area contributed by atoms with Crippen molar-refractivity contribution in [3.05, 3.63) is 114 Å². The number of oxazole rings is 1. The number of benzene rings is 3. The van der Waals surface area contributed by atoms with Crippen LogP contribution in [0.1, 0.15) is 28.3 Å². The molecule has 30 heavy (non-hydrogen) atoms. The lowest BCUT2D eigenvalue weighted by Gasteiger charge is -2.17. The van der Waals surface area contributed by atoms with Gasteiger partial charge >= 0.3 is 0 Å². The first-order valence-electron chi connectivity index (χ1n) is 10.1. The molecule has 0 aliphatic carbocycles. The van der Waals surface area contributed by atoms with Gasteiger partial charge in [-0.25, -0.2) is 4.98 Å². The van der Waals surface area contributed by atoms with E-state index in [1.807, 2.05) is 91.9 Å². The van der Waals surface area contributed by atoms with E-state index in [2.05, 4.69) is 10.3 Å². The minimum atomic E-state index is -0.340. The lowest BCUT2D eigenvalue weighted by molar-refractivity contribution is -0.121. The second kappa shape index (κ2) is 9.23. The van der Waals surface area contributed by atoms with Gasteiger partial charge in [-0.2, -0.15) is 0 Å². The highest BCUT2D eigenvalue weighted by Gasteiger charge is 2.22. The van der Waals surface area contributed by atoms with E-state index >= 15 is 0 Å². The summed E-state index contributed by atoms with van der Waals surface area (Å²) in [6.45, 7) is 2.54. The van der Waals surface area contributed by atoms with Gasteiger partial charge < -0.3 is 9.73 Å². The summed E-state index contributed by atoms with van der Waals surface area (Å²) in [5.74, 6) is 0.241. The summed E-state index contributed by atoms with van der Waals surface area (Å²) in [6, 6.07) is 27.8. The molecule has 0 fully saturated rings. The average molecular weight is 396 g/mol. The zero-order chi connectivity index (χ0) is 20.8. The predicted molar refractivity (Wildman–Crippen MR) is 118 cm³/mol. The Bertz CT molecular complexity index is 1050. The van der Waals surface area contributed by atoms with Crippen molar-refractivity contribution >= 4 is 5.91 Å². The first kappa shape index (κ1) is 19.6. The SMILES string of the molecule is Cc1ccc(-c2nc(CCNC(=O)C(c3ccccc3)c3ccccc3)co2)cc1. The zero-order valence-electron chi connectivity index (χ0n) is 16.9. The highest BCUT2D eigenvalue weighted by molar-refractivity contribution is 5.87. The smallest absolute Gasteiger partial charge is 0.232 e. The number of aromatic nitrogens is 1. The van der Waals surface area contributed by atoms with Crippen LogP contribution in [0.5, 0.6) is 0 Å². The first-order valence-corrected chi connectivity index (χ1v) is 10.1. The molecule has 0 unspecified atom stereocenters. The van der Waals surface area contributed by atoms with Crippen LogP contribution in [-0.4, -0.2) is 17.4 Å². The lowest BCUT2D eigenvalue weighted by Crippen LogP contribution is -2.31. The molecule has 4 aromatic rings. The second-order valence-corrected chi connectivity index (χ2v) is 7.31. The largest absolute Gasteiger partial charge is 0.444 e. The van der Waals surface area contributed by atoms with E-state index in [0.717, 1.165) is 22.4 Å². The summed E-state index contributed by atoms with van der Waals surface area (Å²) in [5, 5.41) is 3.06. The maximum absolute atomic E-state index is 13.0. The van der Waals surface area contributed by atoms with Gasteiger partial charge in [-0.05, 0) is 30.2 Å². The van der Waals surface area contributed by atoms with E-state index in [1.165, 1.54) is 5.56 Å². The fourth-order valence-corrected chi connectivity index (χ4v) is 3.45. The maximum Gasteiger partial charge on any atom is 0.232 e. The molecule has 4 heteroatoms. The molecule has 0 saturated carbocycles. The van der Waals surface area contributed by atoms with E-state index in [1.54, 1.807) is 6.26 Å². The molecule has 1 amide bonds. The number of aryl methyl sites for hydroxylation is 1. The maximum atomic E-state index is 13.0. The van der Waals surface area contributed by atoms with Crippen molar-refractivity contribution in [1.82, 2.24) is 10.3 Å². The monoisotopic (exact) mass is 396 g/mol. The summed E-state index contributed by atoms with van der Waals surface area (Å²) in [7, 11) is 0. The van der Waals surface area contributed by atoms with Gasteiger partial charge in [-0.3, -0.25) is 4.79 Å². The van der Waals surface area contributed by atoms with Crippen molar-refractivity contribution in [2.75, 3.05) is 6.54 Å². The molecule has 1 aromatic heterocycles. The van der Waals surface area contributed by atoms with E-state index in [9.17, 15) is 4.79 Å². The van der Waals surface area contributed by atoms with E-state index in [4.69, 9.17) is 4.42 Å². The van der Waals surface area contributed by atoms with Gasteiger partial charge in [-0.1, -0.05) is 78.4 Å². The van der Waals surface area contributed by atoms with Crippen molar-refractivity contribution < 1.29 is 9.21 Å². The molecule has 0 radical (unpaired) electrons. The standard InChI is InChI=1S/C26H24N2O2/c1-19-12-14-22(15-13-19)26-28-23(18-30-26)16-17-27-25(29)24(20-8-4-2-5-9-20)21-10-6-3-7-11-21/h2-15,18,24H,16-17H2,1H3,(H,27,29). The van der Waals surface area contributed by atoms with Gasteiger partial charge in [0.2, 0.25) is 11.8 Å². The number of nitrogens with zero attached hydrogens (tertiary/aromatic N) is 1. The highest BCUT2D eigenvalue weighted by atomic mass is 16.3. The first-order chi connectivity index (χ1) is 14.7. The van der Waals surface area contributed by atoms with E-state index < -0.39 is 0 Å². The number of hydrogen-bond acceptors (Lipinski definition) is 3. The third-order valence-electron chi connectivity index (χ3n) is 5.06. The van der Waals surface area contributed by atoms with Gasteiger partial charge in [0.1, 0.15) is 6.26 Å². The van der Waals surface area contributed by atoms with Crippen molar-refractivity contribution in [1.29, 1.82) is 0 Å². The Balaban J connectivity index is 1.41. The zero-order valence-corrected chi connectivity index (χ0v) is 16.9. The summed E-state index contributed by atoms with van der Waals surface area (Å²) >= 11 is 0. The number of amides is 1. The quantitative estimate of drug-likeness (QED) is 0.470. The van der Waals surface area contributed by atoms with Crippen molar-refractivity contribution in [3.8, 4) is 11.5 Å². The molecule has 4 nitrogen and oxygen atoms in total. The van der Waals surface area contributed by atoms with Crippen molar-refractivity contribution in [2.24, 2.45) is 0 Å². The third kappa shape index (κ3) is 4.66. The van der Waals surface area contributed by atoms with E-state index in [0.29, 0.717) is 18.9 Å². The summed E-state index contributed by atoms with van der Waals surface area (Å²) in [5.41, 5.74) is 4.92. The molecule has 4 rings (SSSR count). The van der Waals surface area contributed by atoms with E-state index in [-0.39, 0.29) is 11.8 Å². The van der Waals surface area contributed by atoms with Crippen LogP contribution >= 0.6 is 0 Å². The highest BCUT2D eigenvalue weighted by Crippen LogP contribution is 2.25. The van der Waals surface area contributed by atoms with Gasteiger partial charge in [-0.15, -0.1) is 0 Å². The van der Waals surface area contributed by atoms with Crippen LogP contribution in [0.3, 0.4) is 0 Å². The van der Waals surface area contributed by atoms with Crippen molar-refractivity contribution in [2.45, 2.75) is 19.3 Å². The number of rotatable bonds is 7. The molecule has 0 aliphatic rings. The minimum absolute atomic E-state index is 0.0188. The molecule has 1 heterocycles. The number of carbonyl (C=O) groups excluding carboxylic acids is 1. The molecule has 0 aliphatic heterocycles. The Morgan fingerprint density at radius 3 is 2.10 bits per heavy atom. The average Bonchev–Trinajstić information content (AvgIpc) is 3.25. The number of carbonyl (C=O) groups is 1. The summed E-state index contributed by atoms with van der Waals surface area (Å²) in [6.07, 6.45) is 2.27. The van der Waals surface area contributed by atoms with Crippen LogP contribution in [-0.2, 0) is 11.2 Å². The molecule has 1 N–H and O–H groups in total. The Morgan fingerprint density at radius 2 is 1.50 bits per heavy atom. The molecule has 3 aromatic carbocycles. The molecule has 0 bridgehead atoms. The molecule has 0 atom stereocenters. The second-order valence-electron chi connectivity index (χ2n) is 7.31. The number of hydrogen-bond donors (Lipinski definition) is 1. The van der Waals surface area contributed by atoms with Crippen LogP contribution in [0.2, 0.25) is 0 Å². The molecule has 0 spiro atoms. The van der Waals surface area contributed by atoms with Gasteiger partial charge in [0.15, 0.2) is 0 Å². The predicted octanol–water partition coefficient (Wildman–Crippen LogP) is 5.14. The Morgan fingerprint density at radius 1 is 0.900 bits per heavy atom. The Kier molecular flexibility index (Phi) is 6.04. The number of nitrogens with one attached hydrogen (secondary N) is 1. The van der Waals surface area contributed by atoms with Crippen LogP contribution < -0.4 is 5.32 Å². The fraction of sp³-hybridized carbons (Fsp3) is 0.154. The molecular weight excluding hydrogens is 372 g/mol. The minimum Gasteiger partial charge on any atom is -0.444 e. The van der Waals surface area contributed by atoms with Crippen LogP contribution in [0, 0.1) is 6.92 Å². The molecule has 0 saturated heterocycles. The normalized spacial score (nSPS) is 10.9. The van der Waals surface area contributed by atoms with Crippen molar-refractivity contribution in [3.63, 3.8) is 0 Å². The fourth-order valence-electron chi connectivity index (χ4n) is 3.45. The van der Waals surface area contributed by atoms with Crippen LogP contribution in [0.15, 0.2) is 95.6 Å². The Hall–Kier alpha value is -3.66. The topological polar surface area (TPSA) is 55.1 Å². The van der Waals surface area contributed by atoms with Crippen LogP contribution in [0.4, 0.5) is 0 Å². The lowest BCUT2D eigenvalue weighted by atomic mass is 9.90.